The van der Waals surface area contributed by atoms with Crippen molar-refractivity contribution < 1.29 is 14.6 Å². The van der Waals surface area contributed by atoms with Crippen LogP contribution in [0.5, 0.6) is 0 Å². The highest BCUT2D eigenvalue weighted by Gasteiger charge is 2.04. The molecule has 0 rings (SSSR count). The van der Waals surface area contributed by atoms with Crippen molar-refractivity contribution in [2.75, 3.05) is 6.61 Å². The molecule has 0 saturated heterocycles. The topological polar surface area (TPSA) is 46.5 Å². The quantitative estimate of drug-likeness (QED) is 0.256. The third-order valence-electron chi connectivity index (χ3n) is 2.72. The Hall–Kier alpha value is -0.990. The number of aliphatic hydroxyl groups excluding tert-OH is 1. The third-order valence-corrected chi connectivity index (χ3v) is 2.72. The minimum atomic E-state index is -0.704. The van der Waals surface area contributed by atoms with Gasteiger partial charge >= 0.3 is 5.97 Å². The molecule has 0 saturated carbocycles. The van der Waals surface area contributed by atoms with E-state index in [9.17, 15) is 4.79 Å². The molecule has 0 amide bonds. The molecular weight excluding hydrogens is 216 g/mol. The highest BCUT2D eigenvalue weighted by Crippen LogP contribution is 2.09. The van der Waals surface area contributed by atoms with Crippen LogP contribution in [0, 0.1) is 0 Å². The summed E-state index contributed by atoms with van der Waals surface area (Å²) in [6, 6.07) is 0. The first-order valence-electron chi connectivity index (χ1n) is 6.73. The maximum atomic E-state index is 10.8. The summed E-state index contributed by atoms with van der Waals surface area (Å²) < 4.78 is 4.77. The van der Waals surface area contributed by atoms with Crippen molar-refractivity contribution in [3.05, 3.63) is 12.3 Å². The summed E-state index contributed by atoms with van der Waals surface area (Å²) in [4.78, 5) is 10.8. The van der Waals surface area contributed by atoms with Gasteiger partial charge in [-0.3, -0.25) is 0 Å². The standard InChI is InChI=1S/C14H26O3/c1-3-4-5-6-7-8-9-10-11-12-17-14(16)13(2)15/h15H,2-12H2,1H3. The molecule has 0 aromatic rings. The fourth-order valence-electron chi connectivity index (χ4n) is 1.66. The number of hydrogen-bond acceptors (Lipinski definition) is 3. The van der Waals surface area contributed by atoms with E-state index in [2.05, 4.69) is 13.5 Å². The molecule has 0 unspecified atom stereocenters. The number of aliphatic hydroxyl groups is 1. The maximum Gasteiger partial charge on any atom is 0.372 e. The van der Waals surface area contributed by atoms with Crippen molar-refractivity contribution in [3.8, 4) is 0 Å². The summed E-state index contributed by atoms with van der Waals surface area (Å²) in [6.07, 6.45) is 11.1. The van der Waals surface area contributed by atoms with Gasteiger partial charge in [-0.1, -0.05) is 58.3 Å². The van der Waals surface area contributed by atoms with Crippen molar-refractivity contribution in [2.24, 2.45) is 0 Å². The van der Waals surface area contributed by atoms with Crippen LogP contribution in [-0.4, -0.2) is 17.7 Å². The average molecular weight is 242 g/mol. The van der Waals surface area contributed by atoms with E-state index in [-0.39, 0.29) is 0 Å². The molecule has 0 fully saturated rings. The number of rotatable bonds is 11. The predicted octanol–water partition coefficient (Wildman–Crippen LogP) is 4.13. The van der Waals surface area contributed by atoms with Gasteiger partial charge in [0.2, 0.25) is 0 Å². The van der Waals surface area contributed by atoms with Gasteiger partial charge in [0.05, 0.1) is 6.61 Å². The Morgan fingerprint density at radius 1 is 1.00 bits per heavy atom. The van der Waals surface area contributed by atoms with E-state index in [1.165, 1.54) is 44.9 Å². The van der Waals surface area contributed by atoms with E-state index in [1.807, 2.05) is 0 Å². The highest BCUT2D eigenvalue weighted by molar-refractivity contribution is 5.84. The fraction of sp³-hybridized carbons (Fsp3) is 0.786. The minimum absolute atomic E-state index is 0.383. The van der Waals surface area contributed by atoms with Gasteiger partial charge in [0.15, 0.2) is 5.76 Å². The first-order valence-corrected chi connectivity index (χ1v) is 6.73. The van der Waals surface area contributed by atoms with Crippen LogP contribution in [0.3, 0.4) is 0 Å². The molecule has 0 aliphatic rings. The van der Waals surface area contributed by atoms with Crippen LogP contribution in [0.2, 0.25) is 0 Å². The Kier molecular flexibility index (Phi) is 10.8. The summed E-state index contributed by atoms with van der Waals surface area (Å²) in [6.45, 7) is 5.71. The first-order chi connectivity index (χ1) is 8.18. The lowest BCUT2D eigenvalue weighted by molar-refractivity contribution is -0.142. The lowest BCUT2D eigenvalue weighted by Crippen LogP contribution is -2.07. The number of carbonyl (C=O) groups excluding carboxylic acids is 1. The van der Waals surface area contributed by atoms with Gasteiger partial charge in [0, 0.05) is 0 Å². The second-order valence-electron chi connectivity index (χ2n) is 4.41. The third kappa shape index (κ3) is 11.3. The summed E-state index contributed by atoms with van der Waals surface area (Å²) >= 11 is 0. The van der Waals surface area contributed by atoms with E-state index in [0.29, 0.717) is 6.61 Å². The Bertz CT molecular complexity index is 212. The molecule has 100 valence electrons. The molecule has 0 radical (unpaired) electrons. The second kappa shape index (κ2) is 11.5. The summed E-state index contributed by atoms with van der Waals surface area (Å²) in [7, 11) is 0. The summed E-state index contributed by atoms with van der Waals surface area (Å²) in [5, 5.41) is 8.70. The Morgan fingerprint density at radius 3 is 1.94 bits per heavy atom. The van der Waals surface area contributed by atoms with Crippen molar-refractivity contribution in [3.63, 3.8) is 0 Å². The van der Waals surface area contributed by atoms with Crippen molar-refractivity contribution >= 4 is 5.97 Å². The largest absolute Gasteiger partial charge is 0.502 e. The van der Waals surface area contributed by atoms with Crippen LogP contribution in [0.1, 0.15) is 64.7 Å². The van der Waals surface area contributed by atoms with E-state index in [4.69, 9.17) is 9.84 Å². The summed E-state index contributed by atoms with van der Waals surface area (Å²) in [5.41, 5.74) is 0. The van der Waals surface area contributed by atoms with Gasteiger partial charge in [-0.15, -0.1) is 0 Å². The molecule has 0 aliphatic carbocycles. The zero-order valence-corrected chi connectivity index (χ0v) is 11.0. The van der Waals surface area contributed by atoms with Crippen LogP contribution in [-0.2, 0) is 9.53 Å². The molecule has 3 heteroatoms. The van der Waals surface area contributed by atoms with Gasteiger partial charge in [-0.05, 0) is 13.0 Å². The monoisotopic (exact) mass is 242 g/mol. The van der Waals surface area contributed by atoms with E-state index >= 15 is 0 Å². The number of ether oxygens (including phenoxy) is 1. The number of esters is 1. The van der Waals surface area contributed by atoms with Gasteiger partial charge in [0.25, 0.3) is 0 Å². The van der Waals surface area contributed by atoms with E-state index < -0.39 is 11.7 Å². The number of unbranched alkanes of at least 4 members (excludes halogenated alkanes) is 8. The van der Waals surface area contributed by atoms with Gasteiger partial charge < -0.3 is 9.84 Å². The molecule has 0 aromatic carbocycles. The zero-order valence-electron chi connectivity index (χ0n) is 11.0. The normalized spacial score (nSPS) is 10.2. The van der Waals surface area contributed by atoms with Crippen LogP contribution in [0.25, 0.3) is 0 Å². The molecular formula is C14H26O3. The Balaban J connectivity index is 3.08. The predicted molar refractivity (Wildman–Crippen MR) is 70.0 cm³/mol. The molecule has 1 N–H and O–H groups in total. The van der Waals surface area contributed by atoms with Gasteiger partial charge in [-0.25, -0.2) is 4.79 Å². The van der Waals surface area contributed by atoms with Crippen molar-refractivity contribution in [2.45, 2.75) is 64.7 Å². The second-order valence-corrected chi connectivity index (χ2v) is 4.41. The zero-order chi connectivity index (χ0) is 12.9. The van der Waals surface area contributed by atoms with Gasteiger partial charge in [0.1, 0.15) is 0 Å². The molecule has 0 aliphatic heterocycles. The van der Waals surface area contributed by atoms with Crippen molar-refractivity contribution in [1.29, 1.82) is 0 Å². The summed E-state index contributed by atoms with van der Waals surface area (Å²) in [5.74, 6) is -1.22. The average Bonchev–Trinajstić information content (AvgIpc) is 2.31. The van der Waals surface area contributed by atoms with Crippen molar-refractivity contribution in [1.82, 2.24) is 0 Å². The van der Waals surface area contributed by atoms with Crippen LogP contribution in [0.4, 0.5) is 0 Å². The SMILES string of the molecule is C=C(O)C(=O)OCCCCCCCCCCC. The molecule has 0 spiro atoms. The smallest absolute Gasteiger partial charge is 0.372 e. The maximum absolute atomic E-state index is 10.8. The Labute approximate surface area is 105 Å². The van der Waals surface area contributed by atoms with E-state index in [1.54, 1.807) is 0 Å². The van der Waals surface area contributed by atoms with Crippen LogP contribution < -0.4 is 0 Å². The minimum Gasteiger partial charge on any atom is -0.502 e. The molecule has 0 atom stereocenters. The first kappa shape index (κ1) is 16.0. The van der Waals surface area contributed by atoms with Crippen LogP contribution in [0.15, 0.2) is 12.3 Å². The molecule has 0 heterocycles. The molecule has 0 bridgehead atoms. The number of carbonyl (C=O) groups is 1. The molecule has 17 heavy (non-hydrogen) atoms. The molecule has 0 aromatic heterocycles. The lowest BCUT2D eigenvalue weighted by Gasteiger charge is -2.03. The van der Waals surface area contributed by atoms with Gasteiger partial charge in [-0.2, -0.15) is 0 Å². The Morgan fingerprint density at radius 2 is 1.47 bits per heavy atom. The highest BCUT2D eigenvalue weighted by atomic mass is 16.5. The van der Waals surface area contributed by atoms with Crippen LogP contribution >= 0.6 is 0 Å². The number of hydrogen-bond donors (Lipinski definition) is 1. The van der Waals surface area contributed by atoms with E-state index in [0.717, 1.165) is 12.8 Å². The lowest BCUT2D eigenvalue weighted by atomic mass is 10.1. The fourth-order valence-corrected chi connectivity index (χ4v) is 1.66. The molecule has 3 nitrogen and oxygen atoms in total.